The number of fused-ring (bicyclic) bond motifs is 1. The van der Waals surface area contributed by atoms with Gasteiger partial charge in [0.15, 0.2) is 0 Å². The number of nitrogens with one attached hydrogen (secondary N) is 1. The molecule has 2 aromatic rings. The van der Waals surface area contributed by atoms with E-state index in [1.807, 2.05) is 6.07 Å². The van der Waals surface area contributed by atoms with E-state index in [2.05, 4.69) is 10.2 Å². The van der Waals surface area contributed by atoms with E-state index in [-0.39, 0.29) is 43.2 Å². The number of rotatable bonds is 4. The van der Waals surface area contributed by atoms with Gasteiger partial charge in [-0.25, -0.2) is 18.3 Å². The molecule has 32 heavy (non-hydrogen) atoms. The molecule has 2 aliphatic rings. The van der Waals surface area contributed by atoms with Gasteiger partial charge in [0.25, 0.3) is 5.56 Å². The molecule has 2 heterocycles. The summed E-state index contributed by atoms with van der Waals surface area (Å²) in [5, 5.41) is 6.84. The molecule has 172 valence electrons. The molecular weight excluding hydrogens is 432 g/mol. The molecule has 1 N–H and O–H groups in total. The van der Waals surface area contributed by atoms with Crippen LogP contribution in [0, 0.1) is 6.92 Å². The summed E-state index contributed by atoms with van der Waals surface area (Å²) in [4.78, 5) is 25.9. The molecule has 1 aromatic heterocycles. The number of carbonyl (C=O) groups is 1. The lowest BCUT2D eigenvalue weighted by atomic mass is 9.90. The molecule has 0 bridgehead atoms. The first-order valence-corrected chi connectivity index (χ1v) is 12.4. The van der Waals surface area contributed by atoms with Crippen molar-refractivity contribution in [2.75, 3.05) is 32.8 Å². The van der Waals surface area contributed by atoms with Gasteiger partial charge in [-0.3, -0.25) is 4.79 Å². The fourth-order valence-corrected chi connectivity index (χ4v) is 6.06. The van der Waals surface area contributed by atoms with Crippen molar-refractivity contribution in [3.63, 3.8) is 0 Å². The van der Waals surface area contributed by atoms with E-state index >= 15 is 0 Å². The second-order valence-corrected chi connectivity index (χ2v) is 10.0. The van der Waals surface area contributed by atoms with Gasteiger partial charge in [-0.2, -0.15) is 9.40 Å². The maximum absolute atomic E-state index is 13.4. The van der Waals surface area contributed by atoms with Crippen LogP contribution in [-0.4, -0.2) is 66.7 Å². The van der Waals surface area contributed by atoms with Crippen molar-refractivity contribution in [2.45, 2.75) is 44.4 Å². The molecule has 10 heteroatoms. The average molecular weight is 461 g/mol. The highest BCUT2D eigenvalue weighted by Gasteiger charge is 2.32. The topological polar surface area (TPSA) is 113 Å². The van der Waals surface area contributed by atoms with Gasteiger partial charge in [-0.05, 0) is 56.7 Å². The highest BCUT2D eigenvalue weighted by Crippen LogP contribution is 2.31. The molecule has 1 saturated heterocycles. The number of aryl methyl sites for hydroxylation is 1. The maximum atomic E-state index is 13.4. The van der Waals surface area contributed by atoms with Gasteiger partial charge < -0.3 is 9.64 Å². The minimum absolute atomic E-state index is 0.164. The van der Waals surface area contributed by atoms with Gasteiger partial charge in [0.2, 0.25) is 10.0 Å². The molecular formula is C22H28N4O5S. The Labute approximate surface area is 187 Å². The number of hydrogen-bond acceptors (Lipinski definition) is 6. The summed E-state index contributed by atoms with van der Waals surface area (Å²) in [5.74, 6) is 0. The largest absolute Gasteiger partial charge is 0.450 e. The molecule has 4 rings (SSSR count). The Hall–Kier alpha value is -2.72. The zero-order valence-corrected chi connectivity index (χ0v) is 19.2. The fraction of sp³-hybridized carbons (Fsp3) is 0.500. The molecule has 0 saturated carbocycles. The van der Waals surface area contributed by atoms with Crippen LogP contribution < -0.4 is 5.56 Å². The smallest absolute Gasteiger partial charge is 0.409 e. The van der Waals surface area contributed by atoms with E-state index in [0.717, 1.165) is 30.4 Å². The minimum atomic E-state index is -3.76. The number of H-pyrrole nitrogens is 1. The van der Waals surface area contributed by atoms with Gasteiger partial charge >= 0.3 is 6.09 Å². The zero-order chi connectivity index (χ0) is 22.9. The second kappa shape index (κ2) is 9.03. The van der Waals surface area contributed by atoms with Crippen molar-refractivity contribution in [2.24, 2.45) is 0 Å². The Bertz CT molecular complexity index is 1180. The Morgan fingerprint density at radius 2 is 1.81 bits per heavy atom. The number of sulfonamides is 1. The lowest BCUT2D eigenvalue weighted by Gasteiger charge is -2.33. The number of amides is 1. The van der Waals surface area contributed by atoms with Crippen LogP contribution in [0.2, 0.25) is 0 Å². The van der Waals surface area contributed by atoms with E-state index in [4.69, 9.17) is 4.74 Å². The Balaban J connectivity index is 1.64. The molecule has 1 amide bonds. The summed E-state index contributed by atoms with van der Waals surface area (Å²) in [6, 6.07) is 5.28. The van der Waals surface area contributed by atoms with Crippen LogP contribution >= 0.6 is 0 Å². The third-order valence-corrected chi connectivity index (χ3v) is 8.18. The second-order valence-electron chi connectivity index (χ2n) is 8.14. The van der Waals surface area contributed by atoms with E-state index < -0.39 is 16.1 Å². The Morgan fingerprint density at radius 1 is 1.12 bits per heavy atom. The third kappa shape index (κ3) is 4.16. The molecule has 1 aromatic carbocycles. The normalized spacial score (nSPS) is 17.1. The van der Waals surface area contributed by atoms with Crippen LogP contribution in [0.25, 0.3) is 11.3 Å². The van der Waals surface area contributed by atoms with Crippen LogP contribution in [0.1, 0.15) is 36.5 Å². The summed E-state index contributed by atoms with van der Waals surface area (Å²) in [7, 11) is -3.76. The highest BCUT2D eigenvalue weighted by atomic mass is 32.2. The van der Waals surface area contributed by atoms with Crippen LogP contribution in [0.4, 0.5) is 4.79 Å². The number of carbonyl (C=O) groups excluding carboxylic acids is 1. The van der Waals surface area contributed by atoms with Gasteiger partial charge in [-0.1, -0.05) is 12.1 Å². The number of aromatic amines is 1. The highest BCUT2D eigenvalue weighted by molar-refractivity contribution is 7.89. The number of ether oxygens (including phenoxy) is 1. The maximum Gasteiger partial charge on any atom is 0.409 e. The predicted molar refractivity (Wildman–Crippen MR) is 119 cm³/mol. The molecule has 1 fully saturated rings. The standard InChI is InChI=1S/C22H28N4O5S/c1-3-31-22(28)25-10-12-26(13-11-25)32(29,30)19-14-16(9-8-15(19)2)20-17-6-4-5-7-18(17)21(27)24-23-20/h8-9,14H,3-7,10-13H2,1-2H3,(H,24,27). The van der Waals surface area contributed by atoms with Gasteiger partial charge in [0.1, 0.15) is 0 Å². The first-order valence-electron chi connectivity index (χ1n) is 11.0. The Kier molecular flexibility index (Phi) is 6.34. The quantitative estimate of drug-likeness (QED) is 0.748. The van der Waals surface area contributed by atoms with Crippen LogP contribution in [-0.2, 0) is 27.6 Å². The molecule has 0 radical (unpaired) electrons. The predicted octanol–water partition coefficient (Wildman–Crippen LogP) is 2.09. The molecule has 0 spiro atoms. The summed E-state index contributed by atoms with van der Waals surface area (Å²) in [5.41, 5.74) is 3.45. The molecule has 1 aliphatic heterocycles. The van der Waals surface area contributed by atoms with Crippen LogP contribution in [0.15, 0.2) is 27.9 Å². The average Bonchev–Trinajstić information content (AvgIpc) is 2.80. The molecule has 0 unspecified atom stereocenters. The van der Waals surface area contributed by atoms with Gasteiger partial charge in [0.05, 0.1) is 17.2 Å². The first kappa shape index (κ1) is 22.5. The Morgan fingerprint density at radius 3 is 2.50 bits per heavy atom. The van der Waals surface area contributed by atoms with Gasteiger partial charge in [0, 0.05) is 37.3 Å². The lowest BCUT2D eigenvalue weighted by Crippen LogP contribution is -2.50. The van der Waals surface area contributed by atoms with E-state index in [9.17, 15) is 18.0 Å². The summed E-state index contributed by atoms with van der Waals surface area (Å²) < 4.78 is 33.3. The van der Waals surface area contributed by atoms with Crippen molar-refractivity contribution in [3.8, 4) is 11.3 Å². The van der Waals surface area contributed by atoms with E-state index in [1.165, 1.54) is 9.21 Å². The van der Waals surface area contributed by atoms with Crippen molar-refractivity contribution < 1.29 is 17.9 Å². The first-order chi connectivity index (χ1) is 15.3. The zero-order valence-electron chi connectivity index (χ0n) is 18.4. The fourth-order valence-electron chi connectivity index (χ4n) is 4.39. The van der Waals surface area contributed by atoms with Crippen LogP contribution in [0.3, 0.4) is 0 Å². The monoisotopic (exact) mass is 460 g/mol. The summed E-state index contributed by atoms with van der Waals surface area (Å²) >= 11 is 0. The number of benzene rings is 1. The minimum Gasteiger partial charge on any atom is -0.450 e. The van der Waals surface area contributed by atoms with Crippen molar-refractivity contribution in [1.29, 1.82) is 0 Å². The van der Waals surface area contributed by atoms with E-state index in [1.54, 1.807) is 26.0 Å². The molecule has 9 nitrogen and oxygen atoms in total. The van der Waals surface area contributed by atoms with Crippen molar-refractivity contribution in [3.05, 3.63) is 45.2 Å². The van der Waals surface area contributed by atoms with Crippen LogP contribution in [0.5, 0.6) is 0 Å². The molecule has 1 aliphatic carbocycles. The number of piperazine rings is 1. The number of aromatic nitrogens is 2. The lowest BCUT2D eigenvalue weighted by molar-refractivity contribution is 0.0934. The number of nitrogens with zero attached hydrogens (tertiary/aromatic N) is 3. The van der Waals surface area contributed by atoms with Gasteiger partial charge in [-0.15, -0.1) is 0 Å². The third-order valence-electron chi connectivity index (χ3n) is 6.14. The number of hydrogen-bond donors (Lipinski definition) is 1. The summed E-state index contributed by atoms with van der Waals surface area (Å²) in [6.07, 6.45) is 2.99. The van der Waals surface area contributed by atoms with Crippen molar-refractivity contribution >= 4 is 16.1 Å². The molecule has 0 atom stereocenters. The summed E-state index contributed by atoms with van der Waals surface area (Å²) in [6.45, 7) is 4.77. The van der Waals surface area contributed by atoms with Crippen molar-refractivity contribution in [1.82, 2.24) is 19.4 Å². The van der Waals surface area contributed by atoms with E-state index in [0.29, 0.717) is 23.2 Å². The SMILES string of the molecule is CCOC(=O)N1CCN(S(=O)(=O)c2cc(-c3n[nH]c(=O)c4c3CCCC4)ccc2C)CC1.